The van der Waals surface area contributed by atoms with E-state index >= 15 is 0 Å². The van der Waals surface area contributed by atoms with Crippen molar-refractivity contribution in [2.75, 3.05) is 32.8 Å². The predicted molar refractivity (Wildman–Crippen MR) is 91.8 cm³/mol. The average molecular weight is 330 g/mol. The summed E-state index contributed by atoms with van der Waals surface area (Å²) >= 11 is 0. The number of nitrogens with zero attached hydrogens (tertiary/aromatic N) is 4. The van der Waals surface area contributed by atoms with E-state index in [4.69, 9.17) is 4.74 Å². The lowest BCUT2D eigenvalue weighted by molar-refractivity contribution is -0.486. The summed E-state index contributed by atoms with van der Waals surface area (Å²) in [4.78, 5) is 14.8. The summed E-state index contributed by atoms with van der Waals surface area (Å²) in [6, 6.07) is 8.12. The number of hydrogen-bond acceptors (Lipinski definition) is 3. The topological polar surface area (TPSA) is 71.2 Å². The first-order valence-corrected chi connectivity index (χ1v) is 8.19. The van der Waals surface area contributed by atoms with Crippen LogP contribution in [0.5, 0.6) is 0 Å². The molecular formula is C17H22N4O3. The van der Waals surface area contributed by atoms with Gasteiger partial charge in [0, 0.05) is 38.4 Å². The SMILES string of the molecule is Cc1cccc(C=CN2CCN(CC3CCOC3)C2=N[N+](=O)[O-])c1. The van der Waals surface area contributed by atoms with E-state index in [0.717, 1.165) is 38.3 Å². The van der Waals surface area contributed by atoms with E-state index in [1.165, 1.54) is 5.56 Å². The second kappa shape index (κ2) is 7.44. The first-order chi connectivity index (χ1) is 11.6. The number of hydrogen-bond donors (Lipinski definition) is 0. The highest BCUT2D eigenvalue weighted by Gasteiger charge is 2.31. The van der Waals surface area contributed by atoms with Gasteiger partial charge in [-0.15, -0.1) is 0 Å². The van der Waals surface area contributed by atoms with Crippen molar-refractivity contribution in [1.82, 2.24) is 9.80 Å². The van der Waals surface area contributed by atoms with Crippen LogP contribution >= 0.6 is 0 Å². The van der Waals surface area contributed by atoms with Gasteiger partial charge in [0.15, 0.2) is 5.03 Å². The van der Waals surface area contributed by atoms with Gasteiger partial charge in [0.25, 0.3) is 5.96 Å². The van der Waals surface area contributed by atoms with Gasteiger partial charge in [-0.05, 0) is 25.0 Å². The highest BCUT2D eigenvalue weighted by atomic mass is 16.7. The van der Waals surface area contributed by atoms with Crippen molar-refractivity contribution < 1.29 is 9.77 Å². The Morgan fingerprint density at radius 2 is 2.33 bits per heavy atom. The maximum absolute atomic E-state index is 10.9. The summed E-state index contributed by atoms with van der Waals surface area (Å²) < 4.78 is 5.40. The molecule has 2 aliphatic heterocycles. The van der Waals surface area contributed by atoms with Crippen LogP contribution in [0.15, 0.2) is 35.6 Å². The molecule has 0 radical (unpaired) electrons. The van der Waals surface area contributed by atoms with Crippen LogP contribution in [-0.2, 0) is 4.74 Å². The second-order valence-corrected chi connectivity index (χ2v) is 6.24. The van der Waals surface area contributed by atoms with Crippen LogP contribution in [0, 0.1) is 23.0 Å². The summed E-state index contributed by atoms with van der Waals surface area (Å²) in [5.74, 6) is 0.832. The molecule has 0 N–H and O–H groups in total. The molecule has 2 fully saturated rings. The number of hydrazone groups is 1. The fourth-order valence-corrected chi connectivity index (χ4v) is 3.11. The lowest BCUT2D eigenvalue weighted by Crippen LogP contribution is -2.35. The Balaban J connectivity index is 1.73. The molecule has 128 valence electrons. The summed E-state index contributed by atoms with van der Waals surface area (Å²) in [5.41, 5.74) is 2.25. The zero-order valence-electron chi connectivity index (χ0n) is 13.8. The van der Waals surface area contributed by atoms with Gasteiger partial charge in [0.05, 0.1) is 6.61 Å². The third kappa shape index (κ3) is 4.11. The molecule has 2 aliphatic rings. The zero-order chi connectivity index (χ0) is 16.9. The van der Waals surface area contributed by atoms with Crippen LogP contribution in [0.25, 0.3) is 6.08 Å². The molecule has 0 spiro atoms. The van der Waals surface area contributed by atoms with Crippen molar-refractivity contribution in [3.8, 4) is 0 Å². The lowest BCUT2D eigenvalue weighted by Gasteiger charge is -2.21. The first kappa shape index (κ1) is 16.4. The molecule has 1 atom stereocenters. The predicted octanol–water partition coefficient (Wildman–Crippen LogP) is 2.17. The van der Waals surface area contributed by atoms with Gasteiger partial charge in [-0.25, -0.2) is 10.1 Å². The summed E-state index contributed by atoms with van der Waals surface area (Å²) in [6.45, 7) is 5.72. The highest BCUT2D eigenvalue weighted by molar-refractivity contribution is 5.83. The van der Waals surface area contributed by atoms with Gasteiger partial charge in [0.1, 0.15) is 5.10 Å². The minimum Gasteiger partial charge on any atom is -0.381 e. The molecule has 1 unspecified atom stereocenters. The van der Waals surface area contributed by atoms with Crippen LogP contribution < -0.4 is 0 Å². The molecule has 3 rings (SSSR count). The third-order valence-electron chi connectivity index (χ3n) is 4.31. The number of nitro groups is 1. The fourth-order valence-electron chi connectivity index (χ4n) is 3.11. The zero-order valence-corrected chi connectivity index (χ0v) is 13.8. The molecule has 1 aromatic carbocycles. The van der Waals surface area contributed by atoms with Crippen LogP contribution in [0.1, 0.15) is 17.5 Å². The van der Waals surface area contributed by atoms with E-state index in [9.17, 15) is 10.1 Å². The normalized spacial score (nSPS) is 22.9. The number of ether oxygens (including phenoxy) is 1. The van der Waals surface area contributed by atoms with Gasteiger partial charge in [0.2, 0.25) is 0 Å². The van der Waals surface area contributed by atoms with E-state index in [2.05, 4.69) is 11.2 Å². The minimum atomic E-state index is -0.619. The van der Waals surface area contributed by atoms with Crippen molar-refractivity contribution in [1.29, 1.82) is 0 Å². The molecule has 24 heavy (non-hydrogen) atoms. The Kier molecular flexibility index (Phi) is 5.10. The first-order valence-electron chi connectivity index (χ1n) is 8.19. The molecular weight excluding hydrogens is 308 g/mol. The molecule has 1 aromatic rings. The third-order valence-corrected chi connectivity index (χ3v) is 4.31. The van der Waals surface area contributed by atoms with Crippen molar-refractivity contribution in [2.45, 2.75) is 13.3 Å². The van der Waals surface area contributed by atoms with Gasteiger partial charge in [-0.2, -0.15) is 0 Å². The standard InChI is InChI=1S/C17H22N4O3/c1-14-3-2-4-15(11-14)5-7-19-8-9-20(17(19)18-21(22)23)12-16-6-10-24-13-16/h2-5,7,11,16H,6,8-10,12-13H2,1H3. The molecule has 2 heterocycles. The van der Waals surface area contributed by atoms with Crippen molar-refractivity contribution in [2.24, 2.45) is 11.0 Å². The van der Waals surface area contributed by atoms with Crippen molar-refractivity contribution >= 4 is 12.0 Å². The Morgan fingerprint density at radius 3 is 3.04 bits per heavy atom. The number of aryl methyl sites for hydroxylation is 1. The van der Waals surface area contributed by atoms with Gasteiger partial charge in [-0.3, -0.25) is 0 Å². The summed E-state index contributed by atoms with van der Waals surface area (Å²) in [6.07, 6.45) is 4.84. The lowest BCUT2D eigenvalue weighted by atomic mass is 10.1. The molecule has 7 nitrogen and oxygen atoms in total. The molecule has 0 amide bonds. The largest absolute Gasteiger partial charge is 0.381 e. The van der Waals surface area contributed by atoms with Crippen molar-refractivity contribution in [3.05, 3.63) is 51.7 Å². The molecule has 7 heteroatoms. The molecule has 0 bridgehead atoms. The van der Waals surface area contributed by atoms with Gasteiger partial charge in [-0.1, -0.05) is 29.8 Å². The van der Waals surface area contributed by atoms with Crippen LogP contribution in [0.4, 0.5) is 0 Å². The summed E-state index contributed by atoms with van der Waals surface area (Å²) in [7, 11) is 0. The van der Waals surface area contributed by atoms with Crippen LogP contribution in [0.3, 0.4) is 0 Å². The van der Waals surface area contributed by atoms with Crippen LogP contribution in [-0.4, -0.2) is 53.6 Å². The summed E-state index contributed by atoms with van der Waals surface area (Å²) in [5, 5.41) is 13.9. The maximum Gasteiger partial charge on any atom is 0.278 e. The van der Waals surface area contributed by atoms with Gasteiger partial charge < -0.3 is 14.5 Å². The smallest absolute Gasteiger partial charge is 0.278 e. The Labute approximate surface area is 141 Å². The van der Waals surface area contributed by atoms with E-state index in [1.807, 2.05) is 47.2 Å². The van der Waals surface area contributed by atoms with E-state index in [1.54, 1.807) is 0 Å². The Bertz CT molecular complexity index is 653. The number of rotatable bonds is 5. The van der Waals surface area contributed by atoms with Gasteiger partial charge >= 0.3 is 0 Å². The number of benzene rings is 1. The second-order valence-electron chi connectivity index (χ2n) is 6.24. The van der Waals surface area contributed by atoms with E-state index in [0.29, 0.717) is 18.4 Å². The number of guanidine groups is 1. The molecule has 0 aliphatic carbocycles. The molecule has 0 aromatic heterocycles. The van der Waals surface area contributed by atoms with Crippen molar-refractivity contribution in [3.63, 3.8) is 0 Å². The molecule has 2 saturated heterocycles. The minimum absolute atomic E-state index is 0.413. The van der Waals surface area contributed by atoms with E-state index in [-0.39, 0.29) is 0 Å². The Hall–Kier alpha value is -2.41. The maximum atomic E-state index is 10.9. The van der Waals surface area contributed by atoms with Crippen LogP contribution in [0.2, 0.25) is 0 Å². The molecule has 0 saturated carbocycles. The Morgan fingerprint density at radius 1 is 1.46 bits per heavy atom. The fraction of sp³-hybridized carbons (Fsp3) is 0.471. The quantitative estimate of drug-likeness (QED) is 0.611. The monoisotopic (exact) mass is 330 g/mol. The highest BCUT2D eigenvalue weighted by Crippen LogP contribution is 2.19. The van der Waals surface area contributed by atoms with E-state index < -0.39 is 5.03 Å². The average Bonchev–Trinajstić information content (AvgIpc) is 3.17.